The summed E-state index contributed by atoms with van der Waals surface area (Å²) in [6.45, 7) is 6.10. The number of hydrogen-bond donors (Lipinski definition) is 2. The van der Waals surface area contributed by atoms with Crippen LogP contribution in [0, 0.1) is 5.92 Å². The Morgan fingerprint density at radius 2 is 1.74 bits per heavy atom. The van der Waals surface area contributed by atoms with E-state index < -0.39 is 0 Å². The minimum Gasteiger partial charge on any atom is -0.486 e. The Balaban J connectivity index is 0.000000191. The molecule has 1 fully saturated rings. The number of fused-ring (bicyclic) bond motifs is 1. The zero-order valence-electron chi connectivity index (χ0n) is 21.1. The number of aldehydes is 1. The number of benzene rings is 2. The van der Waals surface area contributed by atoms with Crippen molar-refractivity contribution in [1.29, 1.82) is 0 Å². The molecule has 0 spiro atoms. The molecule has 186 valence electrons. The van der Waals surface area contributed by atoms with Gasteiger partial charge in [-0.3, -0.25) is 4.79 Å². The van der Waals surface area contributed by atoms with Gasteiger partial charge in [-0.15, -0.1) is 0 Å². The van der Waals surface area contributed by atoms with E-state index in [1.807, 2.05) is 32.3 Å². The summed E-state index contributed by atoms with van der Waals surface area (Å²) in [6, 6.07) is 11.3. The number of allylic oxidation sites excluding steroid dienone is 1. The Morgan fingerprint density at radius 3 is 2.32 bits per heavy atom. The monoisotopic (exact) mass is 468 g/mol. The molecule has 0 unspecified atom stereocenters. The number of hydrogen-bond acceptors (Lipinski definition) is 6. The van der Waals surface area contributed by atoms with E-state index in [1.54, 1.807) is 25.3 Å². The van der Waals surface area contributed by atoms with Crippen molar-refractivity contribution in [2.75, 3.05) is 38.0 Å². The highest BCUT2D eigenvalue weighted by Crippen LogP contribution is 2.30. The lowest BCUT2D eigenvalue weighted by Crippen LogP contribution is -2.15. The van der Waals surface area contributed by atoms with Crippen LogP contribution in [0.1, 0.15) is 61.9 Å². The van der Waals surface area contributed by atoms with Crippen LogP contribution in [-0.2, 0) is 11.3 Å². The summed E-state index contributed by atoms with van der Waals surface area (Å²) >= 11 is 0. The number of methoxy groups -OCH3 is 1. The third-order valence-corrected chi connectivity index (χ3v) is 5.67. The van der Waals surface area contributed by atoms with E-state index in [2.05, 4.69) is 29.7 Å². The lowest BCUT2D eigenvalue weighted by Gasteiger charge is -2.17. The van der Waals surface area contributed by atoms with Crippen LogP contribution < -0.4 is 20.1 Å². The first kappa shape index (κ1) is 27.3. The first-order valence-electron chi connectivity index (χ1n) is 12.1. The van der Waals surface area contributed by atoms with Crippen molar-refractivity contribution in [2.45, 2.75) is 52.6 Å². The third-order valence-electron chi connectivity index (χ3n) is 5.67. The van der Waals surface area contributed by atoms with E-state index in [0.717, 1.165) is 29.1 Å². The number of rotatable bonds is 6. The Bertz CT molecular complexity index is 892. The maximum absolute atomic E-state index is 10.4. The molecule has 1 heterocycles. The summed E-state index contributed by atoms with van der Waals surface area (Å²) in [5, 5.41) is 6.35. The zero-order chi connectivity index (χ0) is 24.6. The van der Waals surface area contributed by atoms with Gasteiger partial charge in [0.25, 0.3) is 0 Å². The molecule has 2 aliphatic rings. The van der Waals surface area contributed by atoms with Gasteiger partial charge in [0.15, 0.2) is 11.5 Å². The Hall–Kier alpha value is -2.99. The molecule has 0 saturated heterocycles. The van der Waals surface area contributed by atoms with Gasteiger partial charge in [-0.1, -0.05) is 51.2 Å². The summed E-state index contributed by atoms with van der Waals surface area (Å²) in [6.07, 6.45) is 12.1. The van der Waals surface area contributed by atoms with Gasteiger partial charge in [0.2, 0.25) is 0 Å². The minimum atomic E-state index is 0.551. The van der Waals surface area contributed by atoms with Crippen LogP contribution in [0.2, 0.25) is 0 Å². The molecule has 6 heteroatoms. The predicted octanol–water partition coefficient (Wildman–Crippen LogP) is 6.68. The molecular weight excluding hydrogens is 428 g/mol. The molecular formula is C28H40N2O4. The smallest absolute Gasteiger partial charge is 0.162 e. The molecule has 34 heavy (non-hydrogen) atoms. The van der Waals surface area contributed by atoms with E-state index >= 15 is 0 Å². The molecule has 2 aromatic rings. The first-order valence-corrected chi connectivity index (χ1v) is 12.1. The molecule has 0 bridgehead atoms. The maximum atomic E-state index is 10.4. The molecule has 1 saturated carbocycles. The minimum absolute atomic E-state index is 0.551. The van der Waals surface area contributed by atoms with Crippen molar-refractivity contribution in [3.63, 3.8) is 0 Å². The van der Waals surface area contributed by atoms with Crippen LogP contribution in [0.25, 0.3) is 0 Å². The summed E-state index contributed by atoms with van der Waals surface area (Å²) in [5.41, 5.74) is 3.90. The van der Waals surface area contributed by atoms with E-state index in [0.29, 0.717) is 36.9 Å². The average Bonchev–Trinajstić information content (AvgIpc) is 2.88. The third kappa shape index (κ3) is 9.48. The quantitative estimate of drug-likeness (QED) is 0.461. The topological polar surface area (TPSA) is 68.8 Å². The largest absolute Gasteiger partial charge is 0.486 e. The van der Waals surface area contributed by atoms with Gasteiger partial charge in [-0.2, -0.15) is 0 Å². The summed E-state index contributed by atoms with van der Waals surface area (Å²) in [5.74, 6) is 2.41. The van der Waals surface area contributed by atoms with Gasteiger partial charge in [0.1, 0.15) is 19.5 Å². The van der Waals surface area contributed by atoms with E-state index in [4.69, 9.17) is 14.2 Å². The van der Waals surface area contributed by atoms with Crippen LogP contribution >= 0.6 is 0 Å². The van der Waals surface area contributed by atoms with Gasteiger partial charge in [-0.25, -0.2) is 0 Å². The molecule has 2 N–H and O–H groups in total. The Labute approximate surface area is 204 Å². The fourth-order valence-electron chi connectivity index (χ4n) is 3.80. The number of nitrogens with one attached hydrogen (secondary N) is 2. The molecule has 1 aliphatic carbocycles. The average molecular weight is 469 g/mol. The molecule has 0 radical (unpaired) electrons. The van der Waals surface area contributed by atoms with Gasteiger partial charge in [0.05, 0.1) is 18.0 Å². The van der Waals surface area contributed by atoms with Crippen LogP contribution in [-0.4, -0.2) is 33.7 Å². The second-order valence-corrected chi connectivity index (χ2v) is 8.47. The molecule has 1 aliphatic heterocycles. The van der Waals surface area contributed by atoms with Gasteiger partial charge >= 0.3 is 0 Å². The molecule has 0 atom stereocenters. The molecule has 4 rings (SSSR count). The number of carbonyl (C=O) groups is 1. The van der Waals surface area contributed by atoms with Crippen molar-refractivity contribution in [3.05, 3.63) is 59.8 Å². The number of anilines is 2. The molecule has 2 aromatic carbocycles. The Kier molecular flexibility index (Phi) is 12.6. The highest BCUT2D eigenvalue weighted by Gasteiger charge is 2.10. The maximum Gasteiger partial charge on any atom is 0.162 e. The summed E-state index contributed by atoms with van der Waals surface area (Å²) in [4.78, 5) is 10.4. The lowest BCUT2D eigenvalue weighted by atomic mass is 9.91. The molecule has 0 aromatic heterocycles. The number of ether oxygens (including phenoxy) is 3. The first-order chi connectivity index (χ1) is 16.6. The van der Waals surface area contributed by atoms with Crippen LogP contribution in [0.15, 0.2) is 48.7 Å². The van der Waals surface area contributed by atoms with Crippen molar-refractivity contribution in [3.8, 4) is 11.5 Å². The van der Waals surface area contributed by atoms with E-state index in [-0.39, 0.29) is 0 Å². The highest BCUT2D eigenvalue weighted by atomic mass is 16.6. The SMILES string of the molecule is C/C=C/Nc1cc(COC)ccc1NC.CC1CCCCC1.O=Cc1ccc2c(c1)OCCO2. The summed E-state index contributed by atoms with van der Waals surface area (Å²) in [7, 11) is 3.61. The normalized spacial score (nSPS) is 14.8. The molecule has 6 nitrogen and oxygen atoms in total. The van der Waals surface area contributed by atoms with Crippen LogP contribution in [0.5, 0.6) is 11.5 Å². The van der Waals surface area contributed by atoms with Gasteiger partial charge < -0.3 is 24.8 Å². The van der Waals surface area contributed by atoms with Crippen LogP contribution in [0.3, 0.4) is 0 Å². The molecule has 0 amide bonds. The predicted molar refractivity (Wildman–Crippen MR) is 140 cm³/mol. The van der Waals surface area contributed by atoms with Crippen LogP contribution in [0.4, 0.5) is 11.4 Å². The fraction of sp³-hybridized carbons (Fsp3) is 0.464. The van der Waals surface area contributed by atoms with Gasteiger partial charge in [-0.05, 0) is 54.9 Å². The van der Waals surface area contributed by atoms with E-state index in [1.165, 1.54) is 32.1 Å². The standard InChI is InChI=1S/C12H18N2O.C9H8O3.C7H14/c1-4-7-14-12-8-10(9-15-3)5-6-11(12)13-2;10-6-7-1-2-8-9(5-7)12-4-3-11-8;1-7-5-3-2-4-6-7/h4-8,13-14H,9H2,1-3H3;1-2,5-6H,3-4H2;7H,2-6H2,1H3/b7-4+;;. The van der Waals surface area contributed by atoms with Gasteiger partial charge in [0, 0.05) is 19.7 Å². The lowest BCUT2D eigenvalue weighted by molar-refractivity contribution is 0.112. The number of carbonyl (C=O) groups excluding carboxylic acids is 1. The second kappa shape index (κ2) is 15.8. The van der Waals surface area contributed by atoms with Crippen molar-refractivity contribution < 1.29 is 19.0 Å². The second-order valence-electron chi connectivity index (χ2n) is 8.47. The highest BCUT2D eigenvalue weighted by molar-refractivity contribution is 5.76. The zero-order valence-corrected chi connectivity index (χ0v) is 21.1. The fourth-order valence-corrected chi connectivity index (χ4v) is 3.80. The Morgan fingerprint density at radius 1 is 1.00 bits per heavy atom. The van der Waals surface area contributed by atoms with E-state index in [9.17, 15) is 4.79 Å². The summed E-state index contributed by atoms with van der Waals surface area (Å²) < 4.78 is 15.7. The van der Waals surface area contributed by atoms with Crippen molar-refractivity contribution in [2.24, 2.45) is 5.92 Å². The van der Waals surface area contributed by atoms with Crippen molar-refractivity contribution in [1.82, 2.24) is 0 Å². The van der Waals surface area contributed by atoms with Crippen molar-refractivity contribution >= 4 is 17.7 Å².